The Hall–Kier alpha value is -1.10. The third-order valence-electron chi connectivity index (χ3n) is 4.41. The third-order valence-corrected chi connectivity index (χ3v) is 4.41. The van der Waals surface area contributed by atoms with Crippen LogP contribution in [0.2, 0.25) is 0 Å². The number of rotatable bonds is 6. The average molecular weight is 275 g/mol. The van der Waals surface area contributed by atoms with Gasteiger partial charge in [-0.2, -0.15) is 0 Å². The molecular formula is C16H25N3O. The van der Waals surface area contributed by atoms with Crippen molar-refractivity contribution in [2.24, 2.45) is 5.92 Å². The zero-order chi connectivity index (χ0) is 13.8. The first kappa shape index (κ1) is 13.9. The van der Waals surface area contributed by atoms with Crippen molar-refractivity contribution >= 4 is 0 Å². The van der Waals surface area contributed by atoms with Gasteiger partial charge in [0.05, 0.1) is 6.61 Å². The van der Waals surface area contributed by atoms with Crippen LogP contribution in [0, 0.1) is 5.92 Å². The summed E-state index contributed by atoms with van der Waals surface area (Å²) in [5.41, 5.74) is 9.24. The first-order chi connectivity index (χ1) is 9.83. The summed E-state index contributed by atoms with van der Waals surface area (Å²) in [5, 5.41) is 3.55. The summed E-state index contributed by atoms with van der Waals surface area (Å²) in [6, 6.07) is 7.16. The molecule has 2 aliphatic heterocycles. The Morgan fingerprint density at radius 2 is 2.35 bits per heavy atom. The van der Waals surface area contributed by atoms with Crippen LogP contribution in [0.1, 0.15) is 30.9 Å². The smallest absolute Gasteiger partial charge is 0.122 e. The summed E-state index contributed by atoms with van der Waals surface area (Å²) >= 11 is 0. The average Bonchev–Trinajstić information content (AvgIpc) is 3.07. The van der Waals surface area contributed by atoms with Gasteiger partial charge in [-0.25, -0.2) is 0 Å². The summed E-state index contributed by atoms with van der Waals surface area (Å²) in [6.07, 6.45) is 3.58. The first-order valence-corrected chi connectivity index (χ1v) is 7.76. The Kier molecular flexibility index (Phi) is 4.55. The van der Waals surface area contributed by atoms with Crippen LogP contribution in [0.3, 0.4) is 0 Å². The predicted octanol–water partition coefficient (Wildman–Crippen LogP) is 1.60. The molecule has 3 rings (SSSR count). The number of fused-ring (bicyclic) bond motifs is 1. The van der Waals surface area contributed by atoms with Gasteiger partial charge in [0.1, 0.15) is 5.75 Å². The van der Waals surface area contributed by atoms with Gasteiger partial charge < -0.3 is 10.1 Å². The van der Waals surface area contributed by atoms with Crippen molar-refractivity contribution in [3.63, 3.8) is 0 Å². The second-order valence-corrected chi connectivity index (χ2v) is 5.93. The molecule has 1 fully saturated rings. The lowest BCUT2D eigenvalue weighted by Crippen LogP contribution is -2.28. The molecule has 0 bridgehead atoms. The predicted molar refractivity (Wildman–Crippen MR) is 80.7 cm³/mol. The molecule has 110 valence electrons. The third kappa shape index (κ3) is 3.32. The second-order valence-electron chi connectivity index (χ2n) is 5.93. The fraction of sp³-hybridized carbons (Fsp3) is 0.625. The standard InChI is InChI=1S/C16H25N3O/c1-12-15(11-18-19-12)3-2-7-17-10-13-4-5-16-14(9-13)6-8-20-16/h4-5,9,12,15,17-19H,2-3,6-8,10-11H2,1H3. The highest BCUT2D eigenvalue weighted by Gasteiger charge is 2.21. The van der Waals surface area contributed by atoms with E-state index in [1.54, 1.807) is 0 Å². The van der Waals surface area contributed by atoms with E-state index >= 15 is 0 Å². The summed E-state index contributed by atoms with van der Waals surface area (Å²) in [7, 11) is 0. The number of benzene rings is 1. The van der Waals surface area contributed by atoms with Crippen LogP contribution in [-0.4, -0.2) is 25.7 Å². The first-order valence-electron chi connectivity index (χ1n) is 7.76. The van der Waals surface area contributed by atoms with Crippen molar-refractivity contribution in [3.8, 4) is 5.75 Å². The number of nitrogens with one attached hydrogen (secondary N) is 3. The summed E-state index contributed by atoms with van der Waals surface area (Å²) in [5.74, 6) is 1.85. The Morgan fingerprint density at radius 1 is 1.40 bits per heavy atom. The molecule has 2 heterocycles. The van der Waals surface area contributed by atoms with Crippen LogP contribution in [0.4, 0.5) is 0 Å². The van der Waals surface area contributed by atoms with E-state index in [0.717, 1.165) is 44.3 Å². The Morgan fingerprint density at radius 3 is 3.20 bits per heavy atom. The summed E-state index contributed by atoms with van der Waals surface area (Å²) < 4.78 is 5.53. The largest absolute Gasteiger partial charge is 0.493 e. The van der Waals surface area contributed by atoms with Crippen LogP contribution in [0.5, 0.6) is 5.75 Å². The molecule has 4 nitrogen and oxygen atoms in total. The quantitative estimate of drug-likeness (QED) is 0.690. The molecule has 0 saturated carbocycles. The Labute approximate surface area is 121 Å². The van der Waals surface area contributed by atoms with Crippen molar-refractivity contribution in [3.05, 3.63) is 29.3 Å². The van der Waals surface area contributed by atoms with Gasteiger partial charge in [-0.05, 0) is 49.4 Å². The molecular weight excluding hydrogens is 250 g/mol. The maximum absolute atomic E-state index is 5.53. The molecule has 1 aromatic carbocycles. The van der Waals surface area contributed by atoms with Crippen LogP contribution < -0.4 is 20.9 Å². The summed E-state index contributed by atoms with van der Waals surface area (Å²) in [4.78, 5) is 0. The van der Waals surface area contributed by atoms with E-state index in [9.17, 15) is 0 Å². The summed E-state index contributed by atoms with van der Waals surface area (Å²) in [6.45, 7) is 6.26. The van der Waals surface area contributed by atoms with Crippen molar-refractivity contribution in [2.45, 2.75) is 38.8 Å². The minimum atomic E-state index is 0.603. The molecule has 2 aliphatic rings. The number of hydrogen-bond acceptors (Lipinski definition) is 4. The monoisotopic (exact) mass is 275 g/mol. The van der Waals surface area contributed by atoms with Crippen LogP contribution >= 0.6 is 0 Å². The van der Waals surface area contributed by atoms with Gasteiger partial charge in [-0.15, -0.1) is 0 Å². The van der Waals surface area contributed by atoms with Gasteiger partial charge >= 0.3 is 0 Å². The molecule has 20 heavy (non-hydrogen) atoms. The van der Waals surface area contributed by atoms with E-state index < -0.39 is 0 Å². The molecule has 2 atom stereocenters. The molecule has 0 aromatic heterocycles. The van der Waals surface area contributed by atoms with Gasteiger partial charge in [0, 0.05) is 25.6 Å². The highest BCUT2D eigenvalue weighted by Crippen LogP contribution is 2.25. The molecule has 0 aliphatic carbocycles. The van der Waals surface area contributed by atoms with Crippen LogP contribution in [0.15, 0.2) is 18.2 Å². The Balaban J connectivity index is 1.35. The molecule has 0 spiro atoms. The van der Waals surface area contributed by atoms with E-state index in [2.05, 4.69) is 41.3 Å². The highest BCUT2D eigenvalue weighted by atomic mass is 16.5. The zero-order valence-corrected chi connectivity index (χ0v) is 12.2. The van der Waals surface area contributed by atoms with E-state index in [1.165, 1.54) is 24.0 Å². The van der Waals surface area contributed by atoms with Crippen molar-refractivity contribution in [2.75, 3.05) is 19.7 Å². The lowest BCUT2D eigenvalue weighted by atomic mass is 9.98. The number of ether oxygens (including phenoxy) is 1. The van der Waals surface area contributed by atoms with Crippen LogP contribution in [0.25, 0.3) is 0 Å². The second kappa shape index (κ2) is 6.57. The van der Waals surface area contributed by atoms with Crippen LogP contribution in [-0.2, 0) is 13.0 Å². The lowest BCUT2D eigenvalue weighted by molar-refractivity contribution is 0.357. The topological polar surface area (TPSA) is 45.3 Å². The van der Waals surface area contributed by atoms with E-state index in [-0.39, 0.29) is 0 Å². The molecule has 2 unspecified atom stereocenters. The molecule has 1 aromatic rings. The van der Waals surface area contributed by atoms with Gasteiger partial charge in [-0.1, -0.05) is 12.1 Å². The molecule has 3 N–H and O–H groups in total. The fourth-order valence-corrected chi connectivity index (χ4v) is 3.07. The minimum absolute atomic E-state index is 0.603. The molecule has 0 radical (unpaired) electrons. The normalized spacial score (nSPS) is 24.6. The SMILES string of the molecule is CC1NNCC1CCCNCc1ccc2c(c1)CCO2. The number of hydrazine groups is 1. The fourth-order valence-electron chi connectivity index (χ4n) is 3.07. The van der Waals surface area contributed by atoms with Crippen molar-refractivity contribution in [1.82, 2.24) is 16.2 Å². The van der Waals surface area contributed by atoms with Gasteiger partial charge in [-0.3, -0.25) is 10.9 Å². The number of hydrogen-bond donors (Lipinski definition) is 3. The minimum Gasteiger partial charge on any atom is -0.493 e. The van der Waals surface area contributed by atoms with Gasteiger partial charge in [0.15, 0.2) is 0 Å². The van der Waals surface area contributed by atoms with E-state index in [0.29, 0.717) is 6.04 Å². The van der Waals surface area contributed by atoms with Gasteiger partial charge in [0.25, 0.3) is 0 Å². The maximum atomic E-state index is 5.53. The van der Waals surface area contributed by atoms with Crippen molar-refractivity contribution in [1.29, 1.82) is 0 Å². The highest BCUT2D eigenvalue weighted by molar-refractivity contribution is 5.39. The molecule has 4 heteroatoms. The molecule has 0 amide bonds. The molecule has 1 saturated heterocycles. The van der Waals surface area contributed by atoms with Crippen molar-refractivity contribution < 1.29 is 4.74 Å². The lowest BCUT2D eigenvalue weighted by Gasteiger charge is -2.13. The van der Waals surface area contributed by atoms with Gasteiger partial charge in [0.2, 0.25) is 0 Å². The maximum Gasteiger partial charge on any atom is 0.122 e. The Bertz CT molecular complexity index is 449. The zero-order valence-electron chi connectivity index (χ0n) is 12.2. The van der Waals surface area contributed by atoms with E-state index in [4.69, 9.17) is 4.74 Å². The van der Waals surface area contributed by atoms with E-state index in [1.807, 2.05) is 0 Å².